The van der Waals surface area contributed by atoms with Crippen LogP contribution >= 0.6 is 11.6 Å². The summed E-state index contributed by atoms with van der Waals surface area (Å²) in [6.07, 6.45) is 4.46. The summed E-state index contributed by atoms with van der Waals surface area (Å²) in [7, 11) is -1.69. The van der Waals surface area contributed by atoms with Gasteiger partial charge < -0.3 is 14.4 Å². The maximum Gasteiger partial charge on any atom is 0.323 e. The summed E-state index contributed by atoms with van der Waals surface area (Å²) >= 11 is 6.29. The van der Waals surface area contributed by atoms with Crippen LogP contribution in [0.2, 0.25) is 5.02 Å². The number of hydrogen-bond donors (Lipinski definition) is 1. The van der Waals surface area contributed by atoms with E-state index >= 15 is 0 Å². The molecule has 9 heteroatoms. The molecule has 1 N–H and O–H groups in total. The van der Waals surface area contributed by atoms with Crippen LogP contribution in [0.5, 0.6) is 5.75 Å². The molecule has 3 rings (SSSR count). The second kappa shape index (κ2) is 8.24. The SMILES string of the molecule is CCOC(=O)CS(=O)(=O)Nc1ccc(OC2C[C@H]3CC[C@@H](C2)N3C)c(Cl)c1. The number of anilines is 1. The van der Waals surface area contributed by atoms with Gasteiger partial charge >= 0.3 is 5.97 Å². The van der Waals surface area contributed by atoms with Crippen LogP contribution in [0.15, 0.2) is 18.2 Å². The van der Waals surface area contributed by atoms with Crippen LogP contribution in [0.25, 0.3) is 0 Å². The monoisotopic (exact) mass is 416 g/mol. The van der Waals surface area contributed by atoms with Gasteiger partial charge in [0.05, 0.1) is 17.3 Å². The lowest BCUT2D eigenvalue weighted by atomic mass is 10.0. The molecule has 150 valence electrons. The molecule has 2 heterocycles. The Balaban J connectivity index is 1.61. The number of esters is 1. The molecule has 0 aliphatic carbocycles. The van der Waals surface area contributed by atoms with Gasteiger partial charge in [0.15, 0.2) is 5.75 Å². The summed E-state index contributed by atoms with van der Waals surface area (Å²) < 4.78 is 37.1. The van der Waals surface area contributed by atoms with Crippen molar-refractivity contribution < 1.29 is 22.7 Å². The van der Waals surface area contributed by atoms with Crippen molar-refractivity contribution in [2.45, 2.75) is 50.8 Å². The van der Waals surface area contributed by atoms with E-state index < -0.39 is 21.7 Å². The normalized spacial score (nSPS) is 25.2. The Labute approximate surface area is 165 Å². The Bertz CT molecular complexity index is 787. The summed E-state index contributed by atoms with van der Waals surface area (Å²) in [5.41, 5.74) is 0.278. The molecule has 2 fully saturated rings. The van der Waals surface area contributed by atoms with Crippen molar-refractivity contribution in [2.24, 2.45) is 0 Å². The van der Waals surface area contributed by atoms with Crippen LogP contribution in [-0.2, 0) is 19.6 Å². The standard InChI is InChI=1S/C18H25ClN2O5S/c1-3-25-18(22)11-27(23,24)20-12-4-7-17(16(19)8-12)26-15-9-13-5-6-14(10-15)21(13)2/h4,7-8,13-15,20H,3,5-6,9-11H2,1-2H3/t13-,14+,15?. The number of sulfonamides is 1. The van der Waals surface area contributed by atoms with Crippen molar-refractivity contribution in [2.75, 3.05) is 24.1 Å². The number of hydrogen-bond acceptors (Lipinski definition) is 6. The van der Waals surface area contributed by atoms with E-state index in [2.05, 4.69) is 21.4 Å². The molecule has 1 aromatic rings. The summed E-state index contributed by atoms with van der Waals surface area (Å²) in [6.45, 7) is 1.75. The Morgan fingerprint density at radius 3 is 2.56 bits per heavy atom. The van der Waals surface area contributed by atoms with Crippen LogP contribution < -0.4 is 9.46 Å². The smallest absolute Gasteiger partial charge is 0.323 e. The van der Waals surface area contributed by atoms with E-state index in [4.69, 9.17) is 16.3 Å². The van der Waals surface area contributed by atoms with Crippen LogP contribution in [0.4, 0.5) is 5.69 Å². The molecule has 1 unspecified atom stereocenters. The predicted molar refractivity (Wildman–Crippen MR) is 104 cm³/mol. The van der Waals surface area contributed by atoms with Crippen LogP contribution in [0, 0.1) is 0 Å². The molecule has 0 spiro atoms. The number of rotatable bonds is 7. The van der Waals surface area contributed by atoms with Crippen LogP contribution in [0.1, 0.15) is 32.6 Å². The average Bonchev–Trinajstić information content (AvgIpc) is 2.79. The fraction of sp³-hybridized carbons (Fsp3) is 0.611. The van der Waals surface area contributed by atoms with Gasteiger partial charge in [-0.25, -0.2) is 8.42 Å². The van der Waals surface area contributed by atoms with E-state index in [1.807, 2.05) is 0 Å². The largest absolute Gasteiger partial charge is 0.489 e. The molecule has 27 heavy (non-hydrogen) atoms. The first-order chi connectivity index (χ1) is 12.8. The van der Waals surface area contributed by atoms with Crippen LogP contribution in [0.3, 0.4) is 0 Å². The van der Waals surface area contributed by atoms with Crippen molar-refractivity contribution in [3.63, 3.8) is 0 Å². The number of carbonyl (C=O) groups excluding carboxylic acids is 1. The zero-order valence-electron chi connectivity index (χ0n) is 15.5. The minimum absolute atomic E-state index is 0.113. The van der Waals surface area contributed by atoms with Gasteiger partial charge in [-0.05, 0) is 57.9 Å². The Hall–Kier alpha value is -1.51. The summed E-state index contributed by atoms with van der Waals surface area (Å²) in [5, 5.41) is 0.331. The number of ether oxygens (including phenoxy) is 2. The highest BCUT2D eigenvalue weighted by atomic mass is 35.5. The lowest BCUT2D eigenvalue weighted by Gasteiger charge is -2.36. The number of piperidine rings is 1. The molecule has 0 saturated carbocycles. The zero-order chi connectivity index (χ0) is 19.6. The Kier molecular flexibility index (Phi) is 6.18. The summed E-state index contributed by atoms with van der Waals surface area (Å²) in [5.74, 6) is -0.998. The maximum atomic E-state index is 12.0. The molecule has 3 atom stereocenters. The first-order valence-electron chi connectivity index (χ1n) is 9.11. The quantitative estimate of drug-likeness (QED) is 0.688. The van der Waals surface area contributed by atoms with E-state index in [-0.39, 0.29) is 18.4 Å². The first-order valence-corrected chi connectivity index (χ1v) is 11.1. The second-order valence-electron chi connectivity index (χ2n) is 7.07. The van der Waals surface area contributed by atoms with E-state index in [9.17, 15) is 13.2 Å². The van der Waals surface area contributed by atoms with Gasteiger partial charge in [0.25, 0.3) is 0 Å². The lowest BCUT2D eigenvalue weighted by molar-refractivity contribution is -0.139. The maximum absolute atomic E-state index is 12.0. The van der Waals surface area contributed by atoms with Crippen LogP contribution in [-0.4, -0.2) is 56.9 Å². The number of fused-ring (bicyclic) bond motifs is 2. The average molecular weight is 417 g/mol. The van der Waals surface area contributed by atoms with E-state index in [0.29, 0.717) is 22.9 Å². The van der Waals surface area contributed by atoms with Gasteiger partial charge in [-0.2, -0.15) is 0 Å². The molecule has 2 saturated heterocycles. The molecular weight excluding hydrogens is 392 g/mol. The molecule has 0 radical (unpaired) electrons. The molecule has 0 amide bonds. The van der Waals surface area contributed by atoms with Gasteiger partial charge in [0, 0.05) is 12.1 Å². The fourth-order valence-corrected chi connectivity index (χ4v) is 5.05. The third kappa shape index (κ3) is 5.06. The highest BCUT2D eigenvalue weighted by Crippen LogP contribution is 2.37. The second-order valence-corrected chi connectivity index (χ2v) is 9.20. The molecule has 7 nitrogen and oxygen atoms in total. The molecule has 2 bridgehead atoms. The highest BCUT2D eigenvalue weighted by molar-refractivity contribution is 7.93. The summed E-state index contributed by atoms with van der Waals surface area (Å²) in [4.78, 5) is 13.8. The van der Waals surface area contributed by atoms with Crippen molar-refractivity contribution in [3.8, 4) is 5.75 Å². The number of nitrogens with one attached hydrogen (secondary N) is 1. The number of halogens is 1. The van der Waals surface area contributed by atoms with Crippen molar-refractivity contribution in [1.29, 1.82) is 0 Å². The summed E-state index contributed by atoms with van der Waals surface area (Å²) in [6, 6.07) is 5.84. The minimum atomic E-state index is -3.85. The molecule has 2 aliphatic rings. The fourth-order valence-electron chi connectivity index (χ4n) is 3.87. The number of nitrogens with zero attached hydrogens (tertiary/aromatic N) is 1. The number of benzene rings is 1. The third-order valence-corrected chi connectivity index (χ3v) is 6.62. The third-order valence-electron chi connectivity index (χ3n) is 5.17. The van der Waals surface area contributed by atoms with E-state index in [1.54, 1.807) is 19.1 Å². The Morgan fingerprint density at radius 1 is 1.30 bits per heavy atom. The molecule has 2 aliphatic heterocycles. The number of carbonyl (C=O) groups is 1. The molecular formula is C18H25ClN2O5S. The molecule has 0 aromatic heterocycles. The van der Waals surface area contributed by atoms with Crippen molar-refractivity contribution in [3.05, 3.63) is 23.2 Å². The van der Waals surface area contributed by atoms with Gasteiger partial charge in [0.1, 0.15) is 11.9 Å². The van der Waals surface area contributed by atoms with Crippen molar-refractivity contribution >= 4 is 33.3 Å². The van der Waals surface area contributed by atoms with Crippen molar-refractivity contribution in [1.82, 2.24) is 4.90 Å². The van der Waals surface area contributed by atoms with E-state index in [1.165, 1.54) is 18.9 Å². The predicted octanol–water partition coefficient (Wildman–Crippen LogP) is 2.65. The first kappa shape index (κ1) is 20.2. The van der Waals surface area contributed by atoms with E-state index in [0.717, 1.165) is 12.8 Å². The highest BCUT2D eigenvalue weighted by Gasteiger charge is 2.39. The minimum Gasteiger partial charge on any atom is -0.489 e. The lowest BCUT2D eigenvalue weighted by Crippen LogP contribution is -2.43. The zero-order valence-corrected chi connectivity index (χ0v) is 17.1. The van der Waals surface area contributed by atoms with Gasteiger partial charge in [-0.15, -0.1) is 0 Å². The van der Waals surface area contributed by atoms with Gasteiger partial charge in [-0.3, -0.25) is 9.52 Å². The Morgan fingerprint density at radius 2 is 1.96 bits per heavy atom. The van der Waals surface area contributed by atoms with Gasteiger partial charge in [-0.1, -0.05) is 11.6 Å². The topological polar surface area (TPSA) is 84.9 Å². The molecule has 1 aromatic carbocycles. The van der Waals surface area contributed by atoms with Gasteiger partial charge in [0.2, 0.25) is 10.0 Å².